The van der Waals surface area contributed by atoms with Gasteiger partial charge in [0.05, 0.1) is 15.6 Å². The lowest BCUT2D eigenvalue weighted by atomic mass is 10.1. The van der Waals surface area contributed by atoms with Crippen molar-refractivity contribution in [1.29, 1.82) is 0 Å². The van der Waals surface area contributed by atoms with Gasteiger partial charge in [-0.1, -0.05) is 35.3 Å². The number of nitrogen functional groups attached to an aromatic ring is 1. The van der Waals surface area contributed by atoms with Gasteiger partial charge in [0.25, 0.3) is 0 Å². The Balaban J connectivity index is 1.89. The van der Waals surface area contributed by atoms with Crippen molar-refractivity contribution in [3.8, 4) is 28.2 Å². The molecule has 4 aromatic rings. The molecule has 0 radical (unpaired) electrons. The van der Waals surface area contributed by atoms with Crippen LogP contribution in [0.15, 0.2) is 55.0 Å². The molecule has 1 aromatic carbocycles. The first-order chi connectivity index (χ1) is 12.6. The summed E-state index contributed by atoms with van der Waals surface area (Å²) in [5.41, 5.74) is 8.85. The average molecular weight is 384 g/mol. The maximum atomic E-state index is 6.29. The number of hydrogen-bond acceptors (Lipinski definition) is 6. The molecular formula is C17H11Cl2N7. The lowest BCUT2D eigenvalue weighted by Gasteiger charge is -2.10. The lowest BCUT2D eigenvalue weighted by molar-refractivity contribution is 0.791. The predicted molar refractivity (Wildman–Crippen MR) is 100 cm³/mol. The monoisotopic (exact) mass is 383 g/mol. The molecule has 3 aromatic heterocycles. The highest BCUT2D eigenvalue weighted by Gasteiger charge is 2.19. The van der Waals surface area contributed by atoms with Gasteiger partial charge in [0, 0.05) is 29.7 Å². The number of pyridine rings is 2. The van der Waals surface area contributed by atoms with Gasteiger partial charge in [-0.05, 0) is 34.7 Å². The van der Waals surface area contributed by atoms with Crippen LogP contribution in [0.3, 0.4) is 0 Å². The summed E-state index contributed by atoms with van der Waals surface area (Å²) in [5, 5.41) is 12.7. The van der Waals surface area contributed by atoms with Crippen molar-refractivity contribution in [2.75, 3.05) is 5.73 Å². The summed E-state index contributed by atoms with van der Waals surface area (Å²) in [5.74, 6) is 0.674. The summed E-state index contributed by atoms with van der Waals surface area (Å²) in [4.78, 5) is 8.39. The molecule has 0 fully saturated rings. The number of hydrogen-bond donors (Lipinski definition) is 1. The Bertz CT molecular complexity index is 1060. The quantitative estimate of drug-likeness (QED) is 0.579. The normalized spacial score (nSPS) is 10.8. The van der Waals surface area contributed by atoms with Gasteiger partial charge in [0.2, 0.25) is 0 Å². The first-order valence-corrected chi connectivity index (χ1v) is 8.30. The molecule has 3 heterocycles. The summed E-state index contributed by atoms with van der Waals surface area (Å²) < 4.78 is 1.45. The molecule has 0 saturated carbocycles. The fourth-order valence-electron chi connectivity index (χ4n) is 2.54. The SMILES string of the molecule is Nc1ncc(-c2cccnc2)cc1-c1nnnn1-c1c(Cl)cccc1Cl. The minimum atomic E-state index is 0.289. The van der Waals surface area contributed by atoms with Crippen molar-refractivity contribution in [1.82, 2.24) is 30.2 Å². The van der Waals surface area contributed by atoms with Crippen molar-refractivity contribution in [3.05, 3.63) is 65.0 Å². The second-order valence-corrected chi connectivity index (χ2v) is 6.20. The van der Waals surface area contributed by atoms with Crippen LogP contribution < -0.4 is 5.73 Å². The number of benzene rings is 1. The summed E-state index contributed by atoms with van der Waals surface area (Å²) in [7, 11) is 0. The topological polar surface area (TPSA) is 95.4 Å². The fourth-order valence-corrected chi connectivity index (χ4v) is 3.10. The van der Waals surface area contributed by atoms with Crippen LogP contribution in [-0.2, 0) is 0 Å². The van der Waals surface area contributed by atoms with Crippen LogP contribution in [0.2, 0.25) is 10.0 Å². The second kappa shape index (κ2) is 6.70. The van der Waals surface area contributed by atoms with Crippen LogP contribution in [0.4, 0.5) is 5.82 Å². The standard InChI is InChI=1S/C17H11Cl2N7/c18-13-4-1-5-14(19)15(13)26-17(23-24-25-26)12-7-11(9-22-16(12)20)10-3-2-6-21-8-10/h1-9H,(H2,20,22). The molecule has 0 atom stereocenters. The predicted octanol–water partition coefficient (Wildman–Crippen LogP) is 3.68. The molecule has 7 nitrogen and oxygen atoms in total. The minimum Gasteiger partial charge on any atom is -0.383 e. The fraction of sp³-hybridized carbons (Fsp3) is 0. The number of rotatable bonds is 3. The van der Waals surface area contributed by atoms with Crippen LogP contribution in [0.5, 0.6) is 0 Å². The van der Waals surface area contributed by atoms with E-state index in [2.05, 4.69) is 25.5 Å². The lowest BCUT2D eigenvalue weighted by Crippen LogP contribution is -2.04. The van der Waals surface area contributed by atoms with Gasteiger partial charge >= 0.3 is 0 Å². The zero-order valence-corrected chi connectivity index (χ0v) is 14.7. The highest BCUT2D eigenvalue weighted by molar-refractivity contribution is 6.37. The molecule has 2 N–H and O–H groups in total. The number of para-hydroxylation sites is 1. The molecule has 0 aliphatic heterocycles. The number of tetrazole rings is 1. The maximum absolute atomic E-state index is 6.29. The van der Waals surface area contributed by atoms with Crippen LogP contribution in [0.25, 0.3) is 28.2 Å². The molecule has 9 heteroatoms. The van der Waals surface area contributed by atoms with Gasteiger partial charge in [-0.15, -0.1) is 5.10 Å². The Labute approximate surface area is 158 Å². The van der Waals surface area contributed by atoms with Gasteiger partial charge in [-0.2, -0.15) is 4.68 Å². The van der Waals surface area contributed by atoms with Crippen LogP contribution in [-0.4, -0.2) is 30.2 Å². The number of nitrogens with two attached hydrogens (primary N) is 1. The van der Waals surface area contributed by atoms with E-state index < -0.39 is 0 Å². The summed E-state index contributed by atoms with van der Waals surface area (Å²) in [6, 6.07) is 10.8. The van der Waals surface area contributed by atoms with E-state index in [-0.39, 0.29) is 5.82 Å². The van der Waals surface area contributed by atoms with E-state index in [0.717, 1.165) is 11.1 Å². The summed E-state index contributed by atoms with van der Waals surface area (Å²) >= 11 is 12.6. The molecular weight excluding hydrogens is 373 g/mol. The summed E-state index contributed by atoms with van der Waals surface area (Å²) in [6.45, 7) is 0. The Kier molecular flexibility index (Phi) is 4.24. The maximum Gasteiger partial charge on any atom is 0.190 e. The van der Waals surface area contributed by atoms with E-state index in [0.29, 0.717) is 27.1 Å². The summed E-state index contributed by atoms with van der Waals surface area (Å²) in [6.07, 6.45) is 5.12. The van der Waals surface area contributed by atoms with Crippen LogP contribution in [0, 0.1) is 0 Å². The number of nitrogens with zero attached hydrogens (tertiary/aromatic N) is 6. The molecule has 0 aliphatic rings. The Morgan fingerprint density at radius 3 is 2.50 bits per heavy atom. The largest absolute Gasteiger partial charge is 0.383 e. The van der Waals surface area contributed by atoms with Crippen molar-refractivity contribution in [3.63, 3.8) is 0 Å². The van der Waals surface area contributed by atoms with Crippen molar-refractivity contribution in [2.24, 2.45) is 0 Å². The Morgan fingerprint density at radius 1 is 0.962 bits per heavy atom. The van der Waals surface area contributed by atoms with E-state index in [9.17, 15) is 0 Å². The molecule has 26 heavy (non-hydrogen) atoms. The molecule has 0 unspecified atom stereocenters. The highest BCUT2D eigenvalue weighted by atomic mass is 35.5. The van der Waals surface area contributed by atoms with Gasteiger partial charge in [0.1, 0.15) is 11.5 Å². The van der Waals surface area contributed by atoms with Crippen molar-refractivity contribution in [2.45, 2.75) is 0 Å². The van der Waals surface area contributed by atoms with E-state index in [1.807, 2.05) is 18.2 Å². The van der Waals surface area contributed by atoms with Crippen molar-refractivity contribution < 1.29 is 0 Å². The number of halogens is 2. The first kappa shape index (κ1) is 16.4. The zero-order chi connectivity index (χ0) is 18.1. The third kappa shape index (κ3) is 2.87. The molecule has 4 rings (SSSR count). The van der Waals surface area contributed by atoms with E-state index >= 15 is 0 Å². The Morgan fingerprint density at radius 2 is 1.77 bits per heavy atom. The van der Waals surface area contributed by atoms with Crippen LogP contribution >= 0.6 is 23.2 Å². The highest BCUT2D eigenvalue weighted by Crippen LogP contribution is 2.33. The average Bonchev–Trinajstić information content (AvgIpc) is 3.12. The Hall–Kier alpha value is -3.03. The minimum absolute atomic E-state index is 0.289. The van der Waals surface area contributed by atoms with Gasteiger partial charge in [-0.25, -0.2) is 4.98 Å². The molecule has 0 bridgehead atoms. The third-order valence-electron chi connectivity index (χ3n) is 3.77. The van der Waals surface area contributed by atoms with Gasteiger partial charge in [0.15, 0.2) is 5.82 Å². The van der Waals surface area contributed by atoms with E-state index in [1.165, 1.54) is 4.68 Å². The molecule has 0 aliphatic carbocycles. The first-order valence-electron chi connectivity index (χ1n) is 7.54. The van der Waals surface area contributed by atoms with Gasteiger partial charge < -0.3 is 5.73 Å². The molecule has 0 amide bonds. The molecule has 0 spiro atoms. The molecule has 0 saturated heterocycles. The smallest absolute Gasteiger partial charge is 0.190 e. The second-order valence-electron chi connectivity index (χ2n) is 5.38. The van der Waals surface area contributed by atoms with E-state index in [4.69, 9.17) is 28.9 Å². The molecule has 128 valence electrons. The number of anilines is 1. The zero-order valence-electron chi connectivity index (χ0n) is 13.2. The number of aromatic nitrogens is 6. The van der Waals surface area contributed by atoms with Gasteiger partial charge in [-0.3, -0.25) is 4.98 Å². The van der Waals surface area contributed by atoms with E-state index in [1.54, 1.807) is 36.8 Å². The third-order valence-corrected chi connectivity index (χ3v) is 4.38. The van der Waals surface area contributed by atoms with Crippen LogP contribution in [0.1, 0.15) is 0 Å². The van der Waals surface area contributed by atoms with Crippen molar-refractivity contribution >= 4 is 29.0 Å².